The number of hydrogen-bond donors (Lipinski definition) is 13. The molecule has 0 aromatic heterocycles. The van der Waals surface area contributed by atoms with E-state index in [0.29, 0.717) is 0 Å². The van der Waals surface area contributed by atoms with E-state index in [0.717, 1.165) is 0 Å². The van der Waals surface area contributed by atoms with E-state index < -0.39 is 131 Å². The second kappa shape index (κ2) is 15.8. The van der Waals surface area contributed by atoms with Gasteiger partial charge in [0.05, 0.1) is 39.1 Å². The Balaban J connectivity index is 2.16. The molecule has 18 nitrogen and oxygen atoms in total. The van der Waals surface area contributed by atoms with Gasteiger partial charge in [-0.25, -0.2) is 0 Å². The molecular weight excluding hydrogens is 564 g/mol. The molecule has 0 aliphatic carbocycles. The molecule has 14 unspecified atom stereocenters. The zero-order valence-electron chi connectivity index (χ0n) is 22.4. The van der Waals surface area contributed by atoms with Gasteiger partial charge in [0.25, 0.3) is 0 Å². The minimum Gasteiger partial charge on any atom is -0.396 e. The Morgan fingerprint density at radius 1 is 0.829 bits per heavy atom. The van der Waals surface area contributed by atoms with Crippen molar-refractivity contribution in [2.45, 2.75) is 92.8 Å². The largest absolute Gasteiger partial charge is 0.396 e. The van der Waals surface area contributed by atoms with Gasteiger partial charge in [-0.05, 0) is 6.42 Å². The fourth-order valence-electron chi connectivity index (χ4n) is 4.17. The SMILES string of the molecule is CC(COC(O)C(O)C(O)C(O)CCO)(COC1OC(CO)C(O)C(O)C1O)COC1(O)COC(CO)C(O)C1O. The highest BCUT2D eigenvalue weighted by molar-refractivity contribution is 4.93. The fraction of sp³-hybridized carbons (Fsp3) is 1.00. The van der Waals surface area contributed by atoms with Crippen LogP contribution in [-0.2, 0) is 23.7 Å². The smallest absolute Gasteiger partial charge is 0.218 e. The molecule has 0 spiro atoms. The molecule has 41 heavy (non-hydrogen) atoms. The van der Waals surface area contributed by atoms with E-state index in [1.54, 1.807) is 0 Å². The molecule has 0 radical (unpaired) electrons. The third-order valence-corrected chi connectivity index (χ3v) is 7.03. The van der Waals surface area contributed by atoms with Crippen LogP contribution in [0.2, 0.25) is 0 Å². The maximum Gasteiger partial charge on any atom is 0.218 e. The zero-order valence-corrected chi connectivity index (χ0v) is 22.4. The Labute approximate surface area is 235 Å². The van der Waals surface area contributed by atoms with E-state index in [4.69, 9.17) is 28.8 Å². The summed E-state index contributed by atoms with van der Waals surface area (Å²) in [5, 5.41) is 129. The molecule has 13 N–H and O–H groups in total. The molecule has 0 amide bonds. The number of aliphatic hydroxyl groups is 13. The maximum absolute atomic E-state index is 10.8. The van der Waals surface area contributed by atoms with Crippen LogP contribution in [0, 0.1) is 5.41 Å². The van der Waals surface area contributed by atoms with Gasteiger partial charge in [-0.3, -0.25) is 0 Å². The minimum atomic E-state index is -2.50. The molecule has 0 saturated carbocycles. The summed E-state index contributed by atoms with van der Waals surface area (Å²) >= 11 is 0. The monoisotopic (exact) mass is 608 g/mol. The van der Waals surface area contributed by atoms with Crippen LogP contribution in [0.5, 0.6) is 0 Å². The lowest BCUT2D eigenvalue weighted by atomic mass is 9.92. The lowest BCUT2D eigenvalue weighted by Crippen LogP contribution is -2.64. The Morgan fingerprint density at radius 3 is 2.05 bits per heavy atom. The summed E-state index contributed by atoms with van der Waals surface area (Å²) in [6.45, 7) is -2.92. The predicted octanol–water partition coefficient (Wildman–Crippen LogP) is -7.57. The Hall–Kier alpha value is -0.720. The van der Waals surface area contributed by atoms with Crippen molar-refractivity contribution in [3.05, 3.63) is 0 Å². The van der Waals surface area contributed by atoms with Crippen molar-refractivity contribution < 1.29 is 90.1 Å². The molecule has 0 aromatic rings. The summed E-state index contributed by atoms with van der Waals surface area (Å²) in [7, 11) is 0. The van der Waals surface area contributed by atoms with Gasteiger partial charge < -0.3 is 90.1 Å². The molecule has 2 saturated heterocycles. The first-order valence-electron chi connectivity index (χ1n) is 13.0. The Bertz CT molecular complexity index is 762. The molecular formula is C23H44O18. The van der Waals surface area contributed by atoms with Gasteiger partial charge in [-0.15, -0.1) is 0 Å². The average molecular weight is 609 g/mol. The third-order valence-electron chi connectivity index (χ3n) is 7.03. The molecule has 2 aliphatic rings. The Kier molecular flexibility index (Phi) is 14.1. The van der Waals surface area contributed by atoms with Crippen LogP contribution in [0.25, 0.3) is 0 Å². The van der Waals surface area contributed by atoms with Gasteiger partial charge in [0, 0.05) is 12.0 Å². The van der Waals surface area contributed by atoms with Gasteiger partial charge in [-0.2, -0.15) is 0 Å². The minimum absolute atomic E-state index is 0.310. The lowest BCUT2D eigenvalue weighted by Gasteiger charge is -2.44. The molecule has 18 heteroatoms. The summed E-state index contributed by atoms with van der Waals surface area (Å²) < 4.78 is 26.7. The molecule has 2 aliphatic heterocycles. The van der Waals surface area contributed by atoms with Gasteiger partial charge >= 0.3 is 0 Å². The van der Waals surface area contributed by atoms with Gasteiger partial charge in [0.2, 0.25) is 5.79 Å². The molecule has 244 valence electrons. The van der Waals surface area contributed by atoms with Crippen molar-refractivity contribution in [2.75, 3.05) is 46.2 Å². The van der Waals surface area contributed by atoms with E-state index in [-0.39, 0.29) is 6.42 Å². The van der Waals surface area contributed by atoms with Crippen molar-refractivity contribution >= 4 is 0 Å². The first-order valence-corrected chi connectivity index (χ1v) is 13.0. The Morgan fingerprint density at radius 2 is 1.46 bits per heavy atom. The first kappa shape index (κ1) is 36.5. The maximum atomic E-state index is 10.8. The normalized spacial score (nSPS) is 39.1. The summed E-state index contributed by atoms with van der Waals surface area (Å²) in [4.78, 5) is 0. The third kappa shape index (κ3) is 9.14. The molecule has 2 rings (SSSR count). The van der Waals surface area contributed by atoms with Gasteiger partial charge in [-0.1, -0.05) is 6.92 Å². The van der Waals surface area contributed by atoms with Crippen molar-refractivity contribution in [3.8, 4) is 0 Å². The van der Waals surface area contributed by atoms with Crippen LogP contribution >= 0.6 is 0 Å². The number of ether oxygens (including phenoxy) is 5. The molecule has 0 bridgehead atoms. The summed E-state index contributed by atoms with van der Waals surface area (Å²) in [6.07, 6.45) is -21.0. The van der Waals surface area contributed by atoms with E-state index in [1.165, 1.54) is 6.92 Å². The van der Waals surface area contributed by atoms with Crippen LogP contribution in [0.1, 0.15) is 13.3 Å². The highest BCUT2D eigenvalue weighted by Gasteiger charge is 2.51. The average Bonchev–Trinajstić information content (AvgIpc) is 2.96. The van der Waals surface area contributed by atoms with Crippen LogP contribution < -0.4 is 0 Å². The summed E-state index contributed by atoms with van der Waals surface area (Å²) in [6, 6.07) is 0. The van der Waals surface area contributed by atoms with Crippen LogP contribution in [0.3, 0.4) is 0 Å². The topological polar surface area (TPSA) is 309 Å². The standard InChI is InChI=1S/C23H44O18/c1-22(6-38-20(35)17(32)13(28)10(27)2-3-24,7-39-21-18(33)16(31)14(29)12(5-26)41-21)8-40-23(36)9-37-11(4-25)15(30)19(23)34/h10-21,24-36H,2-9H2,1H3. The van der Waals surface area contributed by atoms with Crippen LogP contribution in [0.4, 0.5) is 0 Å². The molecule has 0 aromatic carbocycles. The fourth-order valence-corrected chi connectivity index (χ4v) is 4.17. The van der Waals surface area contributed by atoms with Gasteiger partial charge in [0.1, 0.15) is 61.5 Å². The second-order valence-electron chi connectivity index (χ2n) is 10.7. The molecule has 14 atom stereocenters. The first-order chi connectivity index (χ1) is 19.1. The molecule has 2 fully saturated rings. The van der Waals surface area contributed by atoms with Crippen molar-refractivity contribution in [1.82, 2.24) is 0 Å². The van der Waals surface area contributed by atoms with Crippen LogP contribution in [-0.4, -0.2) is 192 Å². The summed E-state index contributed by atoms with van der Waals surface area (Å²) in [5.74, 6) is -2.50. The van der Waals surface area contributed by atoms with E-state index >= 15 is 0 Å². The number of hydrogen-bond acceptors (Lipinski definition) is 18. The van der Waals surface area contributed by atoms with E-state index in [1.807, 2.05) is 0 Å². The quantitative estimate of drug-likeness (QED) is 0.0723. The summed E-state index contributed by atoms with van der Waals surface area (Å²) in [5.41, 5.74) is -1.48. The predicted molar refractivity (Wildman–Crippen MR) is 129 cm³/mol. The number of aliphatic hydroxyl groups excluding tert-OH is 12. The zero-order chi connectivity index (χ0) is 31.1. The second-order valence-corrected chi connectivity index (χ2v) is 10.7. The van der Waals surface area contributed by atoms with Crippen molar-refractivity contribution in [3.63, 3.8) is 0 Å². The van der Waals surface area contributed by atoms with E-state index in [2.05, 4.69) is 0 Å². The lowest BCUT2D eigenvalue weighted by molar-refractivity contribution is -0.348. The highest BCUT2D eigenvalue weighted by Crippen LogP contribution is 2.31. The van der Waals surface area contributed by atoms with Crippen molar-refractivity contribution in [1.29, 1.82) is 0 Å². The number of rotatable bonds is 16. The van der Waals surface area contributed by atoms with Gasteiger partial charge in [0.15, 0.2) is 12.6 Å². The van der Waals surface area contributed by atoms with Crippen LogP contribution in [0.15, 0.2) is 0 Å². The molecule has 2 heterocycles. The van der Waals surface area contributed by atoms with Crippen molar-refractivity contribution in [2.24, 2.45) is 5.41 Å². The highest BCUT2D eigenvalue weighted by atomic mass is 16.7. The van der Waals surface area contributed by atoms with E-state index in [9.17, 15) is 61.3 Å².